The van der Waals surface area contributed by atoms with E-state index in [-0.39, 0.29) is 11.7 Å². The lowest BCUT2D eigenvalue weighted by molar-refractivity contribution is 0.0979. The number of aromatic amines is 1. The number of fused-ring (bicyclic) bond motifs is 2. The number of ether oxygens (including phenoxy) is 1. The van der Waals surface area contributed by atoms with E-state index in [4.69, 9.17) is 4.74 Å². The molecule has 0 amide bonds. The molecule has 4 aromatic heterocycles. The van der Waals surface area contributed by atoms with Crippen molar-refractivity contribution in [1.29, 1.82) is 0 Å². The monoisotopic (exact) mass is 497 g/mol. The van der Waals surface area contributed by atoms with Gasteiger partial charge in [-0.25, -0.2) is 9.97 Å². The molecule has 1 aliphatic heterocycles. The van der Waals surface area contributed by atoms with E-state index < -0.39 is 0 Å². The van der Waals surface area contributed by atoms with E-state index in [0.717, 1.165) is 57.0 Å². The molecule has 8 heteroatoms. The number of H-pyrrole nitrogens is 1. The maximum Gasteiger partial charge on any atom is 0.173 e. The molecule has 5 aromatic rings. The molecule has 1 N–H and O–H groups in total. The highest BCUT2D eigenvalue weighted by atomic mass is 32.1. The predicted octanol–water partition coefficient (Wildman–Crippen LogP) is 5.84. The number of aryl methyl sites for hydroxylation is 2. The fraction of sp³-hybridized carbons (Fsp3) is 0.286. The minimum absolute atomic E-state index is 0.122. The molecule has 5 heterocycles. The van der Waals surface area contributed by atoms with Crippen molar-refractivity contribution >= 4 is 28.2 Å². The van der Waals surface area contributed by atoms with Crippen LogP contribution in [-0.4, -0.2) is 37.1 Å². The van der Waals surface area contributed by atoms with Gasteiger partial charge in [0.1, 0.15) is 12.0 Å². The van der Waals surface area contributed by atoms with Crippen LogP contribution in [0.15, 0.2) is 49.1 Å². The van der Waals surface area contributed by atoms with E-state index in [0.29, 0.717) is 13.0 Å². The number of thiophene rings is 1. The first-order valence-corrected chi connectivity index (χ1v) is 12.9. The highest BCUT2D eigenvalue weighted by Crippen LogP contribution is 2.34. The van der Waals surface area contributed by atoms with Crippen LogP contribution in [0, 0.1) is 6.92 Å². The summed E-state index contributed by atoms with van der Waals surface area (Å²) in [4.78, 5) is 27.6. The normalized spacial score (nSPS) is 14.2. The summed E-state index contributed by atoms with van der Waals surface area (Å²) in [5, 5.41) is 5.24. The molecule has 7 nitrogen and oxygen atoms in total. The van der Waals surface area contributed by atoms with Gasteiger partial charge in [-0.3, -0.25) is 9.48 Å². The van der Waals surface area contributed by atoms with Crippen LogP contribution in [0.5, 0.6) is 0 Å². The van der Waals surface area contributed by atoms with Crippen molar-refractivity contribution < 1.29 is 9.53 Å². The first-order chi connectivity index (χ1) is 17.5. The van der Waals surface area contributed by atoms with Gasteiger partial charge in [-0.1, -0.05) is 19.1 Å². The topological polar surface area (TPSA) is 85.7 Å². The fourth-order valence-electron chi connectivity index (χ4n) is 5.03. The Morgan fingerprint density at radius 1 is 1.22 bits per heavy atom. The van der Waals surface area contributed by atoms with Gasteiger partial charge >= 0.3 is 0 Å². The summed E-state index contributed by atoms with van der Waals surface area (Å²) in [5.74, 6) is 0.329. The summed E-state index contributed by atoms with van der Waals surface area (Å²) in [6.07, 6.45) is 6.80. The lowest BCUT2D eigenvalue weighted by Gasteiger charge is -2.15. The molecule has 6 rings (SSSR count). The summed E-state index contributed by atoms with van der Waals surface area (Å²) < 4.78 is 7.32. The van der Waals surface area contributed by atoms with E-state index in [1.54, 1.807) is 22.3 Å². The van der Waals surface area contributed by atoms with Gasteiger partial charge in [0.15, 0.2) is 5.78 Å². The molecule has 0 radical (unpaired) electrons. The molecule has 0 bridgehead atoms. The summed E-state index contributed by atoms with van der Waals surface area (Å²) in [5.41, 5.74) is 8.20. The van der Waals surface area contributed by atoms with Gasteiger partial charge < -0.3 is 9.72 Å². The fourth-order valence-corrected chi connectivity index (χ4v) is 6.13. The van der Waals surface area contributed by atoms with E-state index in [1.807, 2.05) is 25.5 Å². The Morgan fingerprint density at radius 2 is 2.11 bits per heavy atom. The second-order valence-corrected chi connectivity index (χ2v) is 10.7. The van der Waals surface area contributed by atoms with Crippen molar-refractivity contribution in [3.63, 3.8) is 0 Å². The van der Waals surface area contributed by atoms with Gasteiger partial charge in [0.25, 0.3) is 0 Å². The van der Waals surface area contributed by atoms with Crippen LogP contribution in [0.3, 0.4) is 0 Å². The van der Waals surface area contributed by atoms with Gasteiger partial charge in [0.05, 0.1) is 35.7 Å². The standard InChI is InChI=1S/C28H27N5O2S/c1-16-8-18(27-22-11-23(20-12-31-33(3)13-20)32-28(22)30-15-29-27)4-5-21(16)17(2)9-24(34)26-10-19-14-35-7-6-25(19)36-26/h4-5,8,10-13,15,17H,6-7,9,14H2,1-3H3,(H,29,30,32). The molecule has 0 saturated carbocycles. The second kappa shape index (κ2) is 9.11. The molecule has 36 heavy (non-hydrogen) atoms. The molecule has 1 aromatic carbocycles. The first kappa shape index (κ1) is 22.8. The zero-order valence-electron chi connectivity index (χ0n) is 20.5. The largest absolute Gasteiger partial charge is 0.376 e. The van der Waals surface area contributed by atoms with Gasteiger partial charge in [-0.15, -0.1) is 11.3 Å². The number of aromatic nitrogens is 5. The van der Waals surface area contributed by atoms with Crippen molar-refractivity contribution in [1.82, 2.24) is 24.7 Å². The Balaban J connectivity index is 1.25. The lowest BCUT2D eigenvalue weighted by atomic mass is 9.90. The van der Waals surface area contributed by atoms with Crippen molar-refractivity contribution in [2.24, 2.45) is 7.05 Å². The second-order valence-electron chi connectivity index (χ2n) is 9.53. The zero-order chi connectivity index (χ0) is 24.8. The van der Waals surface area contributed by atoms with Crippen molar-refractivity contribution in [3.8, 4) is 22.5 Å². The van der Waals surface area contributed by atoms with Crippen LogP contribution in [0.25, 0.3) is 33.5 Å². The molecule has 0 spiro atoms. The lowest BCUT2D eigenvalue weighted by Crippen LogP contribution is -2.06. The first-order valence-electron chi connectivity index (χ1n) is 12.1. The van der Waals surface area contributed by atoms with Gasteiger partial charge in [0.2, 0.25) is 0 Å². The average Bonchev–Trinajstić information content (AvgIpc) is 3.61. The highest BCUT2D eigenvalue weighted by Gasteiger charge is 2.21. The smallest absolute Gasteiger partial charge is 0.173 e. The number of carbonyl (C=O) groups is 1. The van der Waals surface area contributed by atoms with Gasteiger partial charge in [-0.05, 0) is 47.7 Å². The minimum Gasteiger partial charge on any atom is -0.376 e. The molecule has 182 valence electrons. The van der Waals surface area contributed by atoms with Gasteiger partial charge in [-0.2, -0.15) is 5.10 Å². The zero-order valence-corrected chi connectivity index (χ0v) is 21.4. The third kappa shape index (κ3) is 4.16. The molecule has 1 aliphatic rings. The Labute approximate surface area is 213 Å². The van der Waals surface area contributed by atoms with Crippen molar-refractivity contribution in [2.75, 3.05) is 6.61 Å². The van der Waals surface area contributed by atoms with Crippen LogP contribution < -0.4 is 0 Å². The minimum atomic E-state index is 0.122. The van der Waals surface area contributed by atoms with Crippen LogP contribution >= 0.6 is 11.3 Å². The van der Waals surface area contributed by atoms with Gasteiger partial charge in [0, 0.05) is 47.5 Å². The Bertz CT molecular complexity index is 1570. The third-order valence-corrected chi connectivity index (χ3v) is 8.19. The maximum atomic E-state index is 13.1. The SMILES string of the molecule is Cc1cc(-c2ncnc3[nH]c(-c4cnn(C)c4)cc23)ccc1C(C)CC(=O)c1cc2c(s1)CCOC2. The molecule has 0 aliphatic carbocycles. The molecule has 0 fully saturated rings. The van der Waals surface area contributed by atoms with E-state index in [9.17, 15) is 4.79 Å². The third-order valence-electron chi connectivity index (χ3n) is 6.91. The number of nitrogens with one attached hydrogen (secondary N) is 1. The molecular formula is C28H27N5O2S. The molecular weight excluding hydrogens is 470 g/mol. The molecule has 1 atom stereocenters. The quantitative estimate of drug-likeness (QED) is 0.298. The van der Waals surface area contributed by atoms with Crippen molar-refractivity contribution in [3.05, 3.63) is 75.5 Å². The van der Waals surface area contributed by atoms with E-state index in [1.165, 1.54) is 16.0 Å². The summed E-state index contributed by atoms with van der Waals surface area (Å²) in [6.45, 7) is 5.61. The number of hydrogen-bond donors (Lipinski definition) is 1. The average molecular weight is 498 g/mol. The number of Topliss-reactive ketones (excluding diaryl/α,β-unsaturated/α-hetero) is 1. The molecule has 1 unspecified atom stereocenters. The van der Waals surface area contributed by atoms with Crippen LogP contribution in [0.4, 0.5) is 0 Å². The Hall–Kier alpha value is -3.62. The number of ketones is 1. The highest BCUT2D eigenvalue weighted by molar-refractivity contribution is 7.14. The summed E-state index contributed by atoms with van der Waals surface area (Å²) >= 11 is 1.64. The maximum absolute atomic E-state index is 13.1. The summed E-state index contributed by atoms with van der Waals surface area (Å²) in [6, 6.07) is 10.5. The molecule has 0 saturated heterocycles. The number of rotatable bonds is 6. The van der Waals surface area contributed by atoms with Crippen LogP contribution in [-0.2, 0) is 24.8 Å². The van der Waals surface area contributed by atoms with Crippen LogP contribution in [0.1, 0.15) is 50.5 Å². The Morgan fingerprint density at radius 3 is 2.89 bits per heavy atom. The number of nitrogens with zero attached hydrogens (tertiary/aromatic N) is 4. The Kier molecular flexibility index (Phi) is 5.78. The van der Waals surface area contributed by atoms with E-state index in [2.05, 4.69) is 58.2 Å². The van der Waals surface area contributed by atoms with E-state index >= 15 is 0 Å². The van der Waals surface area contributed by atoms with Crippen molar-refractivity contribution in [2.45, 2.75) is 39.2 Å². The number of carbonyl (C=O) groups excluding carboxylic acids is 1. The predicted molar refractivity (Wildman–Crippen MR) is 141 cm³/mol. The number of benzene rings is 1. The van der Waals surface area contributed by atoms with Crippen LogP contribution in [0.2, 0.25) is 0 Å². The summed E-state index contributed by atoms with van der Waals surface area (Å²) in [7, 11) is 1.90. The number of hydrogen-bond acceptors (Lipinski definition) is 6.